The minimum absolute atomic E-state index is 0.0966. The van der Waals surface area contributed by atoms with Crippen LogP contribution in [0.25, 0.3) is 0 Å². The molecule has 1 aliphatic heterocycles. The maximum atomic E-state index is 11.8. The van der Waals surface area contributed by atoms with Gasteiger partial charge in [0.15, 0.2) is 0 Å². The minimum Gasteiger partial charge on any atom is -0.469 e. The third-order valence-corrected chi connectivity index (χ3v) is 4.40. The number of nitrogens with zero attached hydrogens (tertiary/aromatic N) is 1. The fourth-order valence-electron chi connectivity index (χ4n) is 3.10. The lowest BCUT2D eigenvalue weighted by molar-refractivity contribution is -0.141. The van der Waals surface area contributed by atoms with Gasteiger partial charge in [-0.15, -0.1) is 0 Å². The fourth-order valence-corrected chi connectivity index (χ4v) is 3.10. The van der Waals surface area contributed by atoms with Crippen LogP contribution < -0.4 is 5.32 Å². The molecule has 1 aromatic carbocycles. The van der Waals surface area contributed by atoms with E-state index in [9.17, 15) is 9.59 Å². The molecular weight excluding hydrogens is 292 g/mol. The predicted octanol–water partition coefficient (Wildman–Crippen LogP) is 1.97. The number of rotatable bonds is 6. The summed E-state index contributed by atoms with van der Waals surface area (Å²) in [6, 6.07) is 10.5. The second-order valence-corrected chi connectivity index (χ2v) is 6.20. The normalized spacial score (nSPS) is 21.0. The van der Waals surface area contributed by atoms with Gasteiger partial charge >= 0.3 is 5.97 Å². The van der Waals surface area contributed by atoms with Gasteiger partial charge in [0, 0.05) is 39.0 Å². The van der Waals surface area contributed by atoms with E-state index in [0.29, 0.717) is 12.3 Å². The van der Waals surface area contributed by atoms with Gasteiger partial charge in [-0.25, -0.2) is 0 Å². The van der Waals surface area contributed by atoms with Gasteiger partial charge in [-0.05, 0) is 24.3 Å². The molecule has 2 unspecified atom stereocenters. The summed E-state index contributed by atoms with van der Waals surface area (Å²) in [5.41, 5.74) is 1.23. The summed E-state index contributed by atoms with van der Waals surface area (Å²) in [6.45, 7) is 3.87. The first-order chi connectivity index (χ1) is 11.1. The Morgan fingerprint density at radius 1 is 1.26 bits per heavy atom. The van der Waals surface area contributed by atoms with Crippen LogP contribution in [0, 0.1) is 5.92 Å². The van der Waals surface area contributed by atoms with Crippen LogP contribution >= 0.6 is 0 Å². The highest BCUT2D eigenvalue weighted by atomic mass is 16.5. The van der Waals surface area contributed by atoms with Gasteiger partial charge in [-0.2, -0.15) is 0 Å². The van der Waals surface area contributed by atoms with Crippen LogP contribution in [0.5, 0.6) is 0 Å². The van der Waals surface area contributed by atoms with Gasteiger partial charge in [0.1, 0.15) is 0 Å². The van der Waals surface area contributed by atoms with Crippen molar-refractivity contribution in [3.8, 4) is 0 Å². The molecule has 2 atom stereocenters. The second kappa shape index (κ2) is 8.67. The first-order valence-electron chi connectivity index (χ1n) is 8.18. The Hall–Kier alpha value is -1.88. The molecule has 1 fully saturated rings. The number of esters is 1. The van der Waals surface area contributed by atoms with Crippen molar-refractivity contribution in [3.05, 3.63) is 35.9 Å². The number of benzene rings is 1. The molecule has 0 bridgehead atoms. The third-order valence-electron chi connectivity index (χ3n) is 4.40. The van der Waals surface area contributed by atoms with Crippen LogP contribution in [0.3, 0.4) is 0 Å². The molecule has 0 saturated carbocycles. The molecule has 2 rings (SSSR count). The quantitative estimate of drug-likeness (QED) is 0.815. The van der Waals surface area contributed by atoms with E-state index in [1.54, 1.807) is 6.92 Å². The number of carbonyl (C=O) groups is 2. The van der Waals surface area contributed by atoms with Crippen molar-refractivity contribution < 1.29 is 14.3 Å². The standard InChI is InChI=1S/C18H26N2O3/c1-14(21)20-12-16(8-9-18(22)23-2)10-17(13-20)19-11-15-6-4-3-5-7-15/h3-7,16-17,19H,8-13H2,1-2H3. The molecule has 1 heterocycles. The summed E-state index contributed by atoms with van der Waals surface area (Å²) >= 11 is 0. The summed E-state index contributed by atoms with van der Waals surface area (Å²) < 4.78 is 4.71. The van der Waals surface area contributed by atoms with E-state index in [-0.39, 0.29) is 17.9 Å². The Kier molecular flexibility index (Phi) is 6.59. The van der Waals surface area contributed by atoms with E-state index in [4.69, 9.17) is 4.74 Å². The Balaban J connectivity index is 1.89. The molecule has 23 heavy (non-hydrogen) atoms. The molecule has 1 amide bonds. The summed E-state index contributed by atoms with van der Waals surface area (Å²) in [7, 11) is 1.41. The second-order valence-electron chi connectivity index (χ2n) is 6.20. The lowest BCUT2D eigenvalue weighted by Crippen LogP contribution is -2.50. The molecule has 126 valence electrons. The monoisotopic (exact) mass is 318 g/mol. The summed E-state index contributed by atoms with van der Waals surface area (Å²) in [5.74, 6) is 0.248. The van der Waals surface area contributed by atoms with Gasteiger partial charge in [0.25, 0.3) is 0 Å². The lowest BCUT2D eigenvalue weighted by atomic mass is 9.90. The van der Waals surface area contributed by atoms with E-state index in [0.717, 1.165) is 32.5 Å². The van der Waals surface area contributed by atoms with Gasteiger partial charge in [-0.3, -0.25) is 9.59 Å². The number of likely N-dealkylation sites (tertiary alicyclic amines) is 1. The van der Waals surface area contributed by atoms with Crippen LogP contribution in [0.15, 0.2) is 30.3 Å². The third kappa shape index (κ3) is 5.67. The Morgan fingerprint density at radius 3 is 2.65 bits per heavy atom. The minimum atomic E-state index is -0.182. The molecule has 1 aliphatic rings. The van der Waals surface area contributed by atoms with Crippen molar-refractivity contribution in [1.29, 1.82) is 0 Å². The number of hydrogen-bond acceptors (Lipinski definition) is 4. The molecule has 0 spiro atoms. The summed E-state index contributed by atoms with van der Waals surface area (Å²) in [6.07, 6.45) is 2.16. The number of piperidine rings is 1. The van der Waals surface area contributed by atoms with Crippen LogP contribution in [0.1, 0.15) is 31.7 Å². The molecule has 0 radical (unpaired) electrons. The van der Waals surface area contributed by atoms with E-state index >= 15 is 0 Å². The first kappa shape index (κ1) is 17.5. The molecule has 5 heteroatoms. The zero-order chi connectivity index (χ0) is 16.7. The lowest BCUT2D eigenvalue weighted by Gasteiger charge is -2.38. The maximum absolute atomic E-state index is 11.8. The van der Waals surface area contributed by atoms with Gasteiger partial charge in [-0.1, -0.05) is 30.3 Å². The van der Waals surface area contributed by atoms with Crippen molar-refractivity contribution >= 4 is 11.9 Å². The largest absolute Gasteiger partial charge is 0.469 e. The summed E-state index contributed by atoms with van der Waals surface area (Å²) in [4.78, 5) is 25.0. The molecule has 1 aromatic rings. The Bertz CT molecular complexity index is 518. The topological polar surface area (TPSA) is 58.6 Å². The van der Waals surface area contributed by atoms with Crippen molar-refractivity contribution in [1.82, 2.24) is 10.2 Å². The molecule has 1 N–H and O–H groups in total. The smallest absolute Gasteiger partial charge is 0.305 e. The highest BCUT2D eigenvalue weighted by Crippen LogP contribution is 2.22. The van der Waals surface area contributed by atoms with Crippen LogP contribution in [0.2, 0.25) is 0 Å². The SMILES string of the molecule is COC(=O)CCC1CC(NCc2ccccc2)CN(C(C)=O)C1. The predicted molar refractivity (Wildman–Crippen MR) is 88.7 cm³/mol. The number of ether oxygens (including phenoxy) is 1. The van der Waals surface area contributed by atoms with E-state index < -0.39 is 0 Å². The Labute approximate surface area is 138 Å². The van der Waals surface area contributed by atoms with Crippen molar-refractivity contribution in [2.75, 3.05) is 20.2 Å². The van der Waals surface area contributed by atoms with Crippen molar-refractivity contribution in [2.24, 2.45) is 5.92 Å². The van der Waals surface area contributed by atoms with Crippen molar-refractivity contribution in [3.63, 3.8) is 0 Å². The number of amides is 1. The van der Waals surface area contributed by atoms with Crippen LogP contribution in [-0.2, 0) is 20.9 Å². The molecule has 0 aromatic heterocycles. The average Bonchev–Trinajstić information content (AvgIpc) is 2.58. The van der Waals surface area contributed by atoms with Gasteiger partial charge in [0.05, 0.1) is 7.11 Å². The highest BCUT2D eigenvalue weighted by Gasteiger charge is 2.28. The van der Waals surface area contributed by atoms with E-state index in [1.807, 2.05) is 23.1 Å². The average molecular weight is 318 g/mol. The molecule has 5 nitrogen and oxygen atoms in total. The zero-order valence-corrected chi connectivity index (χ0v) is 14.0. The molecular formula is C18H26N2O3. The highest BCUT2D eigenvalue weighted by molar-refractivity contribution is 5.73. The number of nitrogens with one attached hydrogen (secondary N) is 1. The number of carbonyl (C=O) groups excluding carboxylic acids is 2. The van der Waals surface area contributed by atoms with Gasteiger partial charge in [0.2, 0.25) is 5.91 Å². The van der Waals surface area contributed by atoms with Crippen LogP contribution in [-0.4, -0.2) is 43.0 Å². The number of hydrogen-bond donors (Lipinski definition) is 1. The van der Waals surface area contributed by atoms with E-state index in [1.165, 1.54) is 12.7 Å². The van der Waals surface area contributed by atoms with E-state index in [2.05, 4.69) is 17.4 Å². The van der Waals surface area contributed by atoms with Gasteiger partial charge < -0.3 is 15.0 Å². The fraction of sp³-hybridized carbons (Fsp3) is 0.556. The molecule has 1 saturated heterocycles. The number of methoxy groups -OCH3 is 1. The van der Waals surface area contributed by atoms with Crippen molar-refractivity contribution in [2.45, 2.75) is 38.8 Å². The summed E-state index contributed by atoms with van der Waals surface area (Å²) in [5, 5.41) is 3.54. The first-order valence-corrected chi connectivity index (χ1v) is 8.18. The van der Waals surface area contributed by atoms with Crippen LogP contribution in [0.4, 0.5) is 0 Å². The molecule has 0 aliphatic carbocycles. The maximum Gasteiger partial charge on any atom is 0.305 e. The Morgan fingerprint density at radius 2 is 2.00 bits per heavy atom. The zero-order valence-electron chi connectivity index (χ0n) is 14.0.